The first-order valence-corrected chi connectivity index (χ1v) is 7.42. The van der Waals surface area contributed by atoms with Crippen molar-refractivity contribution in [1.82, 2.24) is 5.32 Å². The predicted molar refractivity (Wildman–Crippen MR) is 79.8 cm³/mol. The fourth-order valence-electron chi connectivity index (χ4n) is 2.66. The second-order valence-corrected chi connectivity index (χ2v) is 5.27. The number of carbonyl (C=O) groups is 1. The largest absolute Gasteiger partial charge is 0.493 e. The number of nitrogens with one attached hydrogen (secondary N) is 1. The van der Waals surface area contributed by atoms with Gasteiger partial charge in [-0.25, -0.2) is 0 Å². The van der Waals surface area contributed by atoms with Crippen LogP contribution in [0.15, 0.2) is 18.2 Å². The van der Waals surface area contributed by atoms with E-state index in [0.29, 0.717) is 30.2 Å². The van der Waals surface area contributed by atoms with E-state index in [0.717, 1.165) is 19.3 Å². The van der Waals surface area contributed by atoms with E-state index >= 15 is 0 Å². The molecule has 0 bridgehead atoms. The monoisotopic (exact) mass is 293 g/mol. The predicted octanol–water partition coefficient (Wildman–Crippen LogP) is 1.98. The van der Waals surface area contributed by atoms with Gasteiger partial charge in [-0.05, 0) is 38.0 Å². The summed E-state index contributed by atoms with van der Waals surface area (Å²) in [6.07, 6.45) is 2.53. The van der Waals surface area contributed by atoms with Crippen LogP contribution in [0.5, 0.6) is 11.5 Å². The number of amides is 1. The highest BCUT2D eigenvalue weighted by Gasteiger charge is 2.25. The van der Waals surface area contributed by atoms with Gasteiger partial charge in [0.25, 0.3) is 5.91 Å². The number of carbonyl (C=O) groups excluding carboxylic acids is 1. The molecule has 5 nitrogen and oxygen atoms in total. The zero-order chi connectivity index (χ0) is 15.2. The minimum Gasteiger partial charge on any atom is -0.493 e. The van der Waals surface area contributed by atoms with Crippen molar-refractivity contribution in [1.29, 1.82) is 0 Å². The fraction of sp³-hybridized carbons (Fsp3) is 0.562. The molecule has 0 heterocycles. The summed E-state index contributed by atoms with van der Waals surface area (Å²) >= 11 is 0. The van der Waals surface area contributed by atoms with E-state index in [2.05, 4.69) is 5.32 Å². The third-order valence-corrected chi connectivity index (χ3v) is 3.87. The summed E-state index contributed by atoms with van der Waals surface area (Å²) in [4.78, 5) is 12.2. The molecule has 1 saturated carbocycles. The van der Waals surface area contributed by atoms with E-state index in [1.54, 1.807) is 25.3 Å². The first-order chi connectivity index (χ1) is 10.2. The van der Waals surface area contributed by atoms with Crippen LogP contribution in [0.25, 0.3) is 0 Å². The van der Waals surface area contributed by atoms with Gasteiger partial charge in [0.05, 0.1) is 19.8 Å². The molecule has 0 aromatic heterocycles. The maximum atomic E-state index is 12.2. The Kier molecular flexibility index (Phi) is 5.44. The van der Waals surface area contributed by atoms with Crippen molar-refractivity contribution < 1.29 is 19.4 Å². The van der Waals surface area contributed by atoms with Crippen molar-refractivity contribution in [2.45, 2.75) is 32.3 Å². The van der Waals surface area contributed by atoms with E-state index in [1.165, 1.54) is 0 Å². The number of aliphatic hydroxyl groups excluding tert-OH is 1. The maximum absolute atomic E-state index is 12.2. The van der Waals surface area contributed by atoms with Crippen LogP contribution in [0.2, 0.25) is 0 Å². The van der Waals surface area contributed by atoms with Crippen LogP contribution in [0, 0.1) is 5.92 Å². The molecule has 1 aromatic carbocycles. The maximum Gasteiger partial charge on any atom is 0.251 e. The molecule has 1 aliphatic rings. The van der Waals surface area contributed by atoms with E-state index in [1.807, 2.05) is 6.92 Å². The highest BCUT2D eigenvalue weighted by Crippen LogP contribution is 2.28. The molecular formula is C16H23NO4. The normalized spacial score (nSPS) is 21.1. The zero-order valence-corrected chi connectivity index (χ0v) is 12.6. The molecular weight excluding hydrogens is 270 g/mol. The SMILES string of the molecule is CCOc1ccc(C(=O)NCC2CCCC2O)cc1OC. The number of methoxy groups -OCH3 is 1. The molecule has 2 atom stereocenters. The third-order valence-electron chi connectivity index (χ3n) is 3.87. The Morgan fingerprint density at radius 3 is 2.81 bits per heavy atom. The summed E-state index contributed by atoms with van der Waals surface area (Å²) in [5, 5.41) is 12.6. The Labute approximate surface area is 125 Å². The van der Waals surface area contributed by atoms with Gasteiger partial charge in [0.1, 0.15) is 0 Å². The minimum absolute atomic E-state index is 0.157. The molecule has 5 heteroatoms. The van der Waals surface area contributed by atoms with Crippen LogP contribution in [0.3, 0.4) is 0 Å². The highest BCUT2D eigenvalue weighted by molar-refractivity contribution is 5.94. The van der Waals surface area contributed by atoms with Gasteiger partial charge in [0, 0.05) is 18.0 Å². The Balaban J connectivity index is 1.98. The van der Waals surface area contributed by atoms with Gasteiger partial charge in [-0.15, -0.1) is 0 Å². The highest BCUT2D eigenvalue weighted by atomic mass is 16.5. The van der Waals surface area contributed by atoms with Crippen molar-refractivity contribution in [3.63, 3.8) is 0 Å². The molecule has 2 unspecified atom stereocenters. The quantitative estimate of drug-likeness (QED) is 0.841. The summed E-state index contributed by atoms with van der Waals surface area (Å²) in [7, 11) is 1.55. The zero-order valence-electron chi connectivity index (χ0n) is 12.6. The minimum atomic E-state index is -0.292. The molecule has 21 heavy (non-hydrogen) atoms. The van der Waals surface area contributed by atoms with Gasteiger partial charge in [0.15, 0.2) is 11.5 Å². The number of hydrogen-bond donors (Lipinski definition) is 2. The van der Waals surface area contributed by atoms with Crippen LogP contribution in [-0.2, 0) is 0 Å². The number of benzene rings is 1. The molecule has 1 fully saturated rings. The molecule has 0 aliphatic heterocycles. The lowest BCUT2D eigenvalue weighted by Gasteiger charge is -2.15. The molecule has 0 spiro atoms. The first-order valence-electron chi connectivity index (χ1n) is 7.42. The van der Waals surface area contributed by atoms with E-state index in [9.17, 15) is 9.90 Å². The van der Waals surface area contributed by atoms with Gasteiger partial charge < -0.3 is 19.9 Å². The molecule has 1 aliphatic carbocycles. The standard InChI is InChI=1S/C16H23NO4/c1-3-21-14-8-7-11(9-15(14)20-2)16(19)17-10-12-5-4-6-13(12)18/h7-9,12-13,18H,3-6,10H2,1-2H3,(H,17,19). The van der Waals surface area contributed by atoms with Crippen molar-refractivity contribution in [3.8, 4) is 11.5 Å². The van der Waals surface area contributed by atoms with Crippen molar-refractivity contribution in [3.05, 3.63) is 23.8 Å². The summed E-state index contributed by atoms with van der Waals surface area (Å²) in [6.45, 7) is 2.95. The topological polar surface area (TPSA) is 67.8 Å². The number of aliphatic hydroxyl groups is 1. The average Bonchev–Trinajstić information content (AvgIpc) is 2.90. The van der Waals surface area contributed by atoms with Gasteiger partial charge in [-0.3, -0.25) is 4.79 Å². The molecule has 2 N–H and O–H groups in total. The smallest absolute Gasteiger partial charge is 0.251 e. The Hall–Kier alpha value is -1.75. The summed E-state index contributed by atoms with van der Waals surface area (Å²) < 4.78 is 10.7. The van der Waals surface area contributed by atoms with Crippen LogP contribution in [0.4, 0.5) is 0 Å². The Morgan fingerprint density at radius 1 is 1.38 bits per heavy atom. The van der Waals surface area contributed by atoms with Crippen LogP contribution >= 0.6 is 0 Å². The van der Waals surface area contributed by atoms with E-state index in [-0.39, 0.29) is 17.9 Å². The lowest BCUT2D eigenvalue weighted by molar-refractivity contribution is 0.0916. The Morgan fingerprint density at radius 2 is 2.19 bits per heavy atom. The molecule has 0 radical (unpaired) electrons. The van der Waals surface area contributed by atoms with Crippen molar-refractivity contribution >= 4 is 5.91 Å². The molecule has 1 amide bonds. The number of rotatable bonds is 6. The fourth-order valence-corrected chi connectivity index (χ4v) is 2.66. The van der Waals surface area contributed by atoms with Gasteiger partial charge in [-0.2, -0.15) is 0 Å². The van der Waals surface area contributed by atoms with Gasteiger partial charge in [-0.1, -0.05) is 6.42 Å². The molecule has 116 valence electrons. The second-order valence-electron chi connectivity index (χ2n) is 5.27. The summed E-state index contributed by atoms with van der Waals surface area (Å²) in [5.74, 6) is 1.18. The first kappa shape index (κ1) is 15.6. The van der Waals surface area contributed by atoms with Gasteiger partial charge >= 0.3 is 0 Å². The van der Waals surface area contributed by atoms with Gasteiger partial charge in [0.2, 0.25) is 0 Å². The van der Waals surface area contributed by atoms with Crippen LogP contribution in [-0.4, -0.2) is 37.4 Å². The third kappa shape index (κ3) is 3.88. The van der Waals surface area contributed by atoms with Crippen LogP contribution < -0.4 is 14.8 Å². The lowest BCUT2D eigenvalue weighted by atomic mass is 10.1. The number of ether oxygens (including phenoxy) is 2. The van der Waals surface area contributed by atoms with Crippen molar-refractivity contribution in [2.75, 3.05) is 20.3 Å². The van der Waals surface area contributed by atoms with E-state index < -0.39 is 0 Å². The molecule has 2 rings (SSSR count). The Bertz CT molecular complexity index is 489. The lowest BCUT2D eigenvalue weighted by Crippen LogP contribution is -2.32. The van der Waals surface area contributed by atoms with Crippen molar-refractivity contribution in [2.24, 2.45) is 5.92 Å². The second kappa shape index (κ2) is 7.31. The number of hydrogen-bond acceptors (Lipinski definition) is 4. The van der Waals surface area contributed by atoms with E-state index in [4.69, 9.17) is 9.47 Å². The average molecular weight is 293 g/mol. The molecule has 0 saturated heterocycles. The van der Waals surface area contributed by atoms with Crippen LogP contribution in [0.1, 0.15) is 36.5 Å². The summed E-state index contributed by atoms with van der Waals surface area (Å²) in [6, 6.07) is 5.13. The summed E-state index contributed by atoms with van der Waals surface area (Å²) in [5.41, 5.74) is 0.530. The molecule has 1 aromatic rings.